The first-order valence-electron chi connectivity index (χ1n) is 8.15. The van der Waals surface area contributed by atoms with Gasteiger partial charge in [0, 0.05) is 5.02 Å². The van der Waals surface area contributed by atoms with Crippen LogP contribution in [0.25, 0.3) is 0 Å². The van der Waals surface area contributed by atoms with Gasteiger partial charge in [-0.25, -0.2) is 0 Å². The molecule has 24 heavy (non-hydrogen) atoms. The number of carbonyl (C=O) groups excluding carboxylic acids is 1. The van der Waals surface area contributed by atoms with Crippen LogP contribution >= 0.6 is 11.6 Å². The van der Waals surface area contributed by atoms with E-state index in [-0.39, 0.29) is 24.5 Å². The number of hydrogen-bond donors (Lipinski definition) is 1. The van der Waals surface area contributed by atoms with Gasteiger partial charge in [0.2, 0.25) is 0 Å². The molecular weight excluding hydrogens is 322 g/mol. The number of aryl methyl sites for hydroxylation is 1. The number of benzene rings is 2. The van der Waals surface area contributed by atoms with Gasteiger partial charge in [-0.2, -0.15) is 0 Å². The molecule has 0 aliphatic carbocycles. The average molecular weight is 346 g/mol. The maximum absolute atomic E-state index is 12.2. The van der Waals surface area contributed by atoms with Crippen molar-refractivity contribution in [2.24, 2.45) is 0 Å². The second-order valence-electron chi connectivity index (χ2n) is 6.28. The van der Waals surface area contributed by atoms with Gasteiger partial charge in [0.15, 0.2) is 6.61 Å². The van der Waals surface area contributed by atoms with Gasteiger partial charge in [0.05, 0.1) is 6.04 Å². The minimum absolute atomic E-state index is 0.0159. The summed E-state index contributed by atoms with van der Waals surface area (Å²) in [5.74, 6) is 0.840. The molecule has 1 N–H and O–H groups in total. The third-order valence-corrected chi connectivity index (χ3v) is 4.36. The lowest BCUT2D eigenvalue weighted by molar-refractivity contribution is -0.123. The van der Waals surface area contributed by atoms with Crippen molar-refractivity contribution < 1.29 is 9.53 Å². The average Bonchev–Trinajstić information content (AvgIpc) is 2.56. The molecule has 2 aromatic carbocycles. The largest absolute Gasteiger partial charge is 0.483 e. The minimum atomic E-state index is -0.145. The number of rotatable bonds is 6. The number of halogens is 1. The van der Waals surface area contributed by atoms with Gasteiger partial charge in [-0.1, -0.05) is 55.8 Å². The van der Waals surface area contributed by atoms with E-state index in [1.165, 1.54) is 0 Å². The SMILES string of the molecule is Cc1cc(OCC(=O)N[C@H](C)c2ccccc2)c(C(C)C)cc1Cl. The Kier molecular flexibility index (Phi) is 6.27. The van der Waals surface area contributed by atoms with E-state index in [4.69, 9.17) is 16.3 Å². The third-order valence-electron chi connectivity index (χ3n) is 3.95. The fraction of sp³-hybridized carbons (Fsp3) is 0.350. The van der Waals surface area contributed by atoms with Crippen LogP contribution in [0, 0.1) is 6.92 Å². The van der Waals surface area contributed by atoms with Crippen LogP contribution in [-0.4, -0.2) is 12.5 Å². The summed E-state index contributed by atoms with van der Waals surface area (Å²) in [5, 5.41) is 3.67. The zero-order valence-electron chi connectivity index (χ0n) is 14.6. The third kappa shape index (κ3) is 4.75. The van der Waals surface area contributed by atoms with Gasteiger partial charge >= 0.3 is 0 Å². The lowest BCUT2D eigenvalue weighted by Gasteiger charge is -2.17. The van der Waals surface area contributed by atoms with E-state index >= 15 is 0 Å². The van der Waals surface area contributed by atoms with Crippen molar-refractivity contribution in [1.29, 1.82) is 0 Å². The Morgan fingerprint density at radius 1 is 1.17 bits per heavy atom. The monoisotopic (exact) mass is 345 g/mol. The number of hydrogen-bond acceptors (Lipinski definition) is 2. The molecule has 2 aromatic rings. The summed E-state index contributed by atoms with van der Waals surface area (Å²) in [7, 11) is 0. The van der Waals surface area contributed by atoms with Crippen LogP contribution in [0.15, 0.2) is 42.5 Å². The van der Waals surface area contributed by atoms with E-state index in [1.54, 1.807) is 0 Å². The van der Waals surface area contributed by atoms with Crippen LogP contribution in [0.3, 0.4) is 0 Å². The van der Waals surface area contributed by atoms with Gasteiger partial charge in [0.1, 0.15) is 5.75 Å². The summed E-state index contributed by atoms with van der Waals surface area (Å²) in [4.78, 5) is 12.2. The molecule has 1 atom stereocenters. The molecule has 0 saturated carbocycles. The number of nitrogens with one attached hydrogen (secondary N) is 1. The molecule has 0 saturated heterocycles. The van der Waals surface area contributed by atoms with Crippen molar-refractivity contribution in [2.45, 2.75) is 39.7 Å². The molecule has 4 heteroatoms. The standard InChI is InChI=1S/C20H24ClNO2/c1-13(2)17-11-18(21)14(3)10-19(17)24-12-20(23)22-15(4)16-8-6-5-7-9-16/h5-11,13,15H,12H2,1-4H3,(H,22,23)/t15-/m1/s1. The molecule has 0 aliphatic rings. The first kappa shape index (κ1) is 18.3. The Bertz CT molecular complexity index is 698. The Morgan fingerprint density at radius 3 is 2.46 bits per heavy atom. The van der Waals surface area contributed by atoms with Crippen LogP contribution in [0.1, 0.15) is 49.4 Å². The number of ether oxygens (including phenoxy) is 1. The van der Waals surface area contributed by atoms with E-state index in [1.807, 2.05) is 56.3 Å². The van der Waals surface area contributed by atoms with Crippen LogP contribution < -0.4 is 10.1 Å². The molecule has 3 nitrogen and oxygen atoms in total. The van der Waals surface area contributed by atoms with Crippen LogP contribution in [0.4, 0.5) is 0 Å². The predicted octanol–water partition coefficient (Wildman–Crippen LogP) is 5.03. The van der Waals surface area contributed by atoms with E-state index < -0.39 is 0 Å². The Hall–Kier alpha value is -2.00. The predicted molar refractivity (Wildman–Crippen MR) is 98.8 cm³/mol. The fourth-order valence-corrected chi connectivity index (χ4v) is 2.67. The second kappa shape index (κ2) is 8.20. The lowest BCUT2D eigenvalue weighted by Crippen LogP contribution is -2.31. The Morgan fingerprint density at radius 2 is 1.83 bits per heavy atom. The summed E-state index contributed by atoms with van der Waals surface area (Å²) in [6.45, 7) is 8.02. The summed E-state index contributed by atoms with van der Waals surface area (Å²) in [6.07, 6.45) is 0. The molecule has 0 heterocycles. The molecule has 0 aromatic heterocycles. The molecule has 0 fully saturated rings. The van der Waals surface area contributed by atoms with Gasteiger partial charge in [-0.3, -0.25) is 4.79 Å². The van der Waals surface area contributed by atoms with Gasteiger partial charge in [-0.05, 0) is 48.6 Å². The normalized spacial score (nSPS) is 12.1. The molecule has 1 amide bonds. The molecule has 0 unspecified atom stereocenters. The summed E-state index contributed by atoms with van der Waals surface area (Å²) in [6, 6.07) is 13.6. The first-order valence-corrected chi connectivity index (χ1v) is 8.53. The smallest absolute Gasteiger partial charge is 0.258 e. The molecular formula is C20H24ClNO2. The van der Waals surface area contributed by atoms with Crippen LogP contribution in [-0.2, 0) is 4.79 Å². The van der Waals surface area contributed by atoms with Crippen molar-refractivity contribution in [2.75, 3.05) is 6.61 Å². The maximum Gasteiger partial charge on any atom is 0.258 e. The van der Waals surface area contributed by atoms with Crippen molar-refractivity contribution in [1.82, 2.24) is 5.32 Å². The Labute approximate surface area is 149 Å². The van der Waals surface area contributed by atoms with Gasteiger partial charge < -0.3 is 10.1 Å². The highest BCUT2D eigenvalue weighted by atomic mass is 35.5. The topological polar surface area (TPSA) is 38.3 Å². The number of carbonyl (C=O) groups is 1. The minimum Gasteiger partial charge on any atom is -0.483 e. The fourth-order valence-electron chi connectivity index (χ4n) is 2.50. The molecule has 2 rings (SSSR count). The highest BCUT2D eigenvalue weighted by Gasteiger charge is 2.14. The summed E-state index contributed by atoms with van der Waals surface area (Å²) in [5.41, 5.74) is 3.01. The Balaban J connectivity index is 2.00. The van der Waals surface area contributed by atoms with Gasteiger partial charge in [-0.15, -0.1) is 0 Å². The highest BCUT2D eigenvalue weighted by Crippen LogP contribution is 2.32. The summed E-state index contributed by atoms with van der Waals surface area (Å²) < 4.78 is 5.76. The highest BCUT2D eigenvalue weighted by molar-refractivity contribution is 6.31. The second-order valence-corrected chi connectivity index (χ2v) is 6.69. The quantitative estimate of drug-likeness (QED) is 0.797. The maximum atomic E-state index is 12.2. The van der Waals surface area contributed by atoms with E-state index in [0.29, 0.717) is 5.02 Å². The van der Waals surface area contributed by atoms with E-state index in [2.05, 4.69) is 19.2 Å². The van der Waals surface area contributed by atoms with Crippen LogP contribution in [0.2, 0.25) is 5.02 Å². The summed E-state index contributed by atoms with van der Waals surface area (Å²) >= 11 is 6.19. The first-order chi connectivity index (χ1) is 11.4. The lowest BCUT2D eigenvalue weighted by atomic mass is 10.0. The molecule has 0 radical (unpaired) electrons. The zero-order valence-corrected chi connectivity index (χ0v) is 15.4. The zero-order chi connectivity index (χ0) is 17.7. The van der Waals surface area contributed by atoms with E-state index in [0.717, 1.165) is 22.4 Å². The van der Waals surface area contributed by atoms with E-state index in [9.17, 15) is 4.79 Å². The molecule has 128 valence electrons. The van der Waals surface area contributed by atoms with Crippen molar-refractivity contribution >= 4 is 17.5 Å². The molecule has 0 bridgehead atoms. The van der Waals surface area contributed by atoms with Gasteiger partial charge in [0.25, 0.3) is 5.91 Å². The van der Waals surface area contributed by atoms with Crippen molar-refractivity contribution in [3.8, 4) is 5.75 Å². The van der Waals surface area contributed by atoms with Crippen molar-refractivity contribution in [3.63, 3.8) is 0 Å². The molecule has 0 spiro atoms. The van der Waals surface area contributed by atoms with Crippen LogP contribution in [0.5, 0.6) is 5.75 Å². The molecule has 0 aliphatic heterocycles. The van der Waals surface area contributed by atoms with Crippen molar-refractivity contribution in [3.05, 3.63) is 64.2 Å². The number of amides is 1.